The average Bonchev–Trinajstić information content (AvgIpc) is 2.73. The van der Waals surface area contributed by atoms with E-state index >= 15 is 0 Å². The minimum absolute atomic E-state index is 0.344. The van der Waals surface area contributed by atoms with Gasteiger partial charge in [-0.1, -0.05) is 6.07 Å². The van der Waals surface area contributed by atoms with Crippen molar-refractivity contribution in [3.8, 4) is 22.8 Å². The van der Waals surface area contributed by atoms with E-state index in [4.69, 9.17) is 9.47 Å². The molecule has 3 rings (SSSR count). The van der Waals surface area contributed by atoms with Gasteiger partial charge >= 0.3 is 6.03 Å². The number of para-hydroxylation sites is 1. The van der Waals surface area contributed by atoms with Crippen molar-refractivity contribution in [3.63, 3.8) is 0 Å². The Morgan fingerprint density at radius 3 is 2.59 bits per heavy atom. The van der Waals surface area contributed by atoms with Crippen LogP contribution in [0, 0.1) is 0 Å². The van der Waals surface area contributed by atoms with Gasteiger partial charge < -0.3 is 20.1 Å². The maximum Gasteiger partial charge on any atom is 0.319 e. The molecule has 0 fully saturated rings. The van der Waals surface area contributed by atoms with E-state index in [0.29, 0.717) is 23.7 Å². The first kappa shape index (κ1) is 18.2. The van der Waals surface area contributed by atoms with Crippen LogP contribution >= 0.6 is 0 Å². The SMILES string of the molecule is COc1cccc(NC(=O)NCc2ccnc(-c3ccncc3)c2)c1OC. The zero-order chi connectivity index (χ0) is 19.1. The Labute approximate surface area is 157 Å². The van der Waals surface area contributed by atoms with Gasteiger partial charge in [0.05, 0.1) is 25.6 Å². The van der Waals surface area contributed by atoms with Gasteiger partial charge in [0.15, 0.2) is 11.5 Å². The molecule has 0 saturated carbocycles. The number of benzene rings is 1. The standard InChI is InChI=1S/C20H20N4O3/c1-26-18-5-3-4-16(19(18)27-2)24-20(25)23-13-14-6-11-22-17(12-14)15-7-9-21-10-8-15/h3-12H,13H2,1-2H3,(H2,23,24,25). The van der Waals surface area contributed by atoms with E-state index in [9.17, 15) is 4.79 Å². The molecule has 0 aliphatic rings. The molecule has 7 nitrogen and oxygen atoms in total. The summed E-state index contributed by atoms with van der Waals surface area (Å²) in [7, 11) is 3.07. The Morgan fingerprint density at radius 1 is 1.04 bits per heavy atom. The van der Waals surface area contributed by atoms with Gasteiger partial charge in [-0.15, -0.1) is 0 Å². The van der Waals surface area contributed by atoms with Crippen molar-refractivity contribution in [1.82, 2.24) is 15.3 Å². The third kappa shape index (κ3) is 4.52. The van der Waals surface area contributed by atoms with Crippen LogP contribution in [0.5, 0.6) is 11.5 Å². The van der Waals surface area contributed by atoms with Crippen molar-refractivity contribution < 1.29 is 14.3 Å². The van der Waals surface area contributed by atoms with Gasteiger partial charge in [-0.2, -0.15) is 0 Å². The van der Waals surface area contributed by atoms with Gasteiger partial charge in [0.2, 0.25) is 0 Å². The molecule has 2 N–H and O–H groups in total. The third-order valence-corrected chi connectivity index (χ3v) is 3.90. The lowest BCUT2D eigenvalue weighted by Crippen LogP contribution is -2.28. The van der Waals surface area contributed by atoms with E-state index in [1.54, 1.807) is 43.9 Å². The van der Waals surface area contributed by atoms with E-state index < -0.39 is 0 Å². The first-order chi connectivity index (χ1) is 13.2. The molecule has 2 aromatic heterocycles. The molecule has 2 amide bonds. The number of amides is 2. The van der Waals surface area contributed by atoms with Crippen LogP contribution in [0.3, 0.4) is 0 Å². The number of rotatable bonds is 6. The van der Waals surface area contributed by atoms with Gasteiger partial charge in [0, 0.05) is 30.7 Å². The number of nitrogens with one attached hydrogen (secondary N) is 2. The molecule has 7 heteroatoms. The smallest absolute Gasteiger partial charge is 0.319 e. The van der Waals surface area contributed by atoms with Crippen molar-refractivity contribution >= 4 is 11.7 Å². The van der Waals surface area contributed by atoms with Crippen LogP contribution in [0.15, 0.2) is 61.1 Å². The Balaban J connectivity index is 1.65. The number of aromatic nitrogens is 2. The lowest BCUT2D eigenvalue weighted by molar-refractivity contribution is 0.251. The number of pyridine rings is 2. The van der Waals surface area contributed by atoms with Crippen LogP contribution in [0.25, 0.3) is 11.3 Å². The topological polar surface area (TPSA) is 85.4 Å². The molecular weight excluding hydrogens is 344 g/mol. The number of carbonyl (C=O) groups excluding carboxylic acids is 1. The summed E-state index contributed by atoms with van der Waals surface area (Å²) in [5.74, 6) is 1.02. The molecule has 3 aromatic rings. The zero-order valence-corrected chi connectivity index (χ0v) is 15.1. The van der Waals surface area contributed by atoms with Crippen LogP contribution in [0.2, 0.25) is 0 Å². The molecule has 0 unspecified atom stereocenters. The zero-order valence-electron chi connectivity index (χ0n) is 15.1. The van der Waals surface area contributed by atoms with Crippen molar-refractivity contribution in [2.75, 3.05) is 19.5 Å². The monoisotopic (exact) mass is 364 g/mol. The van der Waals surface area contributed by atoms with Gasteiger partial charge in [-0.3, -0.25) is 9.97 Å². The number of carbonyl (C=O) groups is 1. The number of hydrogen-bond donors (Lipinski definition) is 2. The van der Waals surface area contributed by atoms with Gasteiger partial charge in [0.25, 0.3) is 0 Å². The molecular formula is C20H20N4O3. The molecule has 0 bridgehead atoms. The van der Waals surface area contributed by atoms with Crippen LogP contribution < -0.4 is 20.1 Å². The van der Waals surface area contributed by atoms with Crippen LogP contribution in [-0.4, -0.2) is 30.2 Å². The number of ether oxygens (including phenoxy) is 2. The van der Waals surface area contributed by atoms with E-state index in [-0.39, 0.29) is 6.03 Å². The quantitative estimate of drug-likeness (QED) is 0.699. The maximum atomic E-state index is 12.3. The van der Waals surface area contributed by atoms with Crippen molar-refractivity contribution in [3.05, 3.63) is 66.6 Å². The second-order valence-corrected chi connectivity index (χ2v) is 5.63. The highest BCUT2D eigenvalue weighted by Crippen LogP contribution is 2.34. The highest BCUT2D eigenvalue weighted by molar-refractivity contribution is 5.91. The lowest BCUT2D eigenvalue weighted by Gasteiger charge is -2.14. The molecule has 0 spiro atoms. The van der Waals surface area contributed by atoms with Crippen LogP contribution in [-0.2, 0) is 6.54 Å². The molecule has 0 atom stereocenters. The fourth-order valence-electron chi connectivity index (χ4n) is 2.60. The lowest BCUT2D eigenvalue weighted by atomic mass is 10.1. The van der Waals surface area contributed by atoms with E-state index in [1.165, 1.54) is 7.11 Å². The highest BCUT2D eigenvalue weighted by atomic mass is 16.5. The Bertz CT molecular complexity index is 916. The largest absolute Gasteiger partial charge is 0.493 e. The van der Waals surface area contributed by atoms with Crippen LogP contribution in [0.4, 0.5) is 10.5 Å². The molecule has 27 heavy (non-hydrogen) atoms. The van der Waals surface area contributed by atoms with Gasteiger partial charge in [-0.05, 0) is 42.0 Å². The van der Waals surface area contributed by atoms with Crippen molar-refractivity contribution in [2.24, 2.45) is 0 Å². The van der Waals surface area contributed by atoms with Crippen LogP contribution in [0.1, 0.15) is 5.56 Å². The second kappa shape index (κ2) is 8.66. The molecule has 1 aromatic carbocycles. The van der Waals surface area contributed by atoms with Gasteiger partial charge in [-0.25, -0.2) is 4.79 Å². The fourth-order valence-corrected chi connectivity index (χ4v) is 2.60. The first-order valence-corrected chi connectivity index (χ1v) is 8.32. The van der Waals surface area contributed by atoms with E-state index in [1.807, 2.05) is 24.3 Å². The molecule has 0 aliphatic heterocycles. The highest BCUT2D eigenvalue weighted by Gasteiger charge is 2.12. The first-order valence-electron chi connectivity index (χ1n) is 8.32. The van der Waals surface area contributed by atoms with Crippen molar-refractivity contribution in [2.45, 2.75) is 6.54 Å². The summed E-state index contributed by atoms with van der Waals surface area (Å²) < 4.78 is 10.5. The predicted molar refractivity (Wildman–Crippen MR) is 103 cm³/mol. The summed E-state index contributed by atoms with van der Waals surface area (Å²) >= 11 is 0. The Hall–Kier alpha value is -3.61. The summed E-state index contributed by atoms with van der Waals surface area (Å²) in [6.45, 7) is 0.360. The Morgan fingerprint density at radius 2 is 1.85 bits per heavy atom. The summed E-state index contributed by atoms with van der Waals surface area (Å²) in [6, 6.07) is 12.5. The number of methoxy groups -OCH3 is 2. The van der Waals surface area contributed by atoms with Gasteiger partial charge in [0.1, 0.15) is 0 Å². The number of hydrogen-bond acceptors (Lipinski definition) is 5. The number of anilines is 1. The Kier molecular flexibility index (Phi) is 5.84. The second-order valence-electron chi connectivity index (χ2n) is 5.63. The molecule has 2 heterocycles. The molecule has 0 saturated heterocycles. The van der Waals surface area contributed by atoms with Crippen molar-refractivity contribution in [1.29, 1.82) is 0 Å². The normalized spacial score (nSPS) is 10.1. The summed E-state index contributed by atoms with van der Waals surface area (Å²) in [4.78, 5) is 20.6. The molecule has 0 radical (unpaired) electrons. The minimum Gasteiger partial charge on any atom is -0.493 e. The fraction of sp³-hybridized carbons (Fsp3) is 0.150. The number of nitrogens with zero attached hydrogens (tertiary/aromatic N) is 2. The molecule has 0 aliphatic carbocycles. The molecule has 138 valence electrons. The average molecular weight is 364 g/mol. The summed E-state index contributed by atoms with van der Waals surface area (Å²) in [5.41, 5.74) is 3.26. The van der Waals surface area contributed by atoms with E-state index in [2.05, 4.69) is 20.6 Å². The third-order valence-electron chi connectivity index (χ3n) is 3.90. The number of urea groups is 1. The summed E-state index contributed by atoms with van der Waals surface area (Å²) in [5, 5.41) is 5.60. The maximum absolute atomic E-state index is 12.3. The van der Waals surface area contributed by atoms with E-state index in [0.717, 1.165) is 16.8 Å². The summed E-state index contributed by atoms with van der Waals surface area (Å²) in [6.07, 6.45) is 5.16. The predicted octanol–water partition coefficient (Wildman–Crippen LogP) is 3.48. The minimum atomic E-state index is -0.344.